The van der Waals surface area contributed by atoms with Crippen molar-refractivity contribution in [3.8, 4) is 0 Å². The van der Waals surface area contributed by atoms with Crippen LogP contribution in [-0.2, 0) is 16.4 Å². The number of H-pyrrole nitrogens is 1. The second kappa shape index (κ2) is 6.91. The third kappa shape index (κ3) is 3.74. The summed E-state index contributed by atoms with van der Waals surface area (Å²) in [7, 11) is -3.49. The van der Waals surface area contributed by atoms with Gasteiger partial charge in [0.15, 0.2) is 5.03 Å². The number of alkyl halides is 1. The Morgan fingerprint density at radius 2 is 2.10 bits per heavy atom. The first-order valence-corrected chi connectivity index (χ1v) is 9.18. The molecule has 5 nitrogen and oxygen atoms in total. The van der Waals surface area contributed by atoms with Crippen LogP contribution in [0, 0.1) is 11.8 Å². The van der Waals surface area contributed by atoms with Gasteiger partial charge in [0.1, 0.15) is 5.82 Å². The second-order valence-electron chi connectivity index (χ2n) is 5.36. The average molecular weight is 320 g/mol. The standard InChI is InChI=1S/C13H22ClN3O2S/c1-2-12-15-9-13(17-12)20(18,19)16-8-11-6-4-3-5-10(11)7-14/h9-11,16H,2-8H2,1H3,(H,15,17). The molecule has 0 aliphatic heterocycles. The molecule has 1 aromatic heterocycles. The number of aryl methyl sites for hydroxylation is 1. The van der Waals surface area contributed by atoms with E-state index in [2.05, 4.69) is 14.7 Å². The summed E-state index contributed by atoms with van der Waals surface area (Å²) in [5.41, 5.74) is 0. The number of nitrogens with zero attached hydrogens (tertiary/aromatic N) is 1. The quantitative estimate of drug-likeness (QED) is 0.790. The van der Waals surface area contributed by atoms with Crippen LogP contribution in [0.4, 0.5) is 0 Å². The number of nitrogens with one attached hydrogen (secondary N) is 2. The van der Waals surface area contributed by atoms with E-state index in [1.165, 1.54) is 12.6 Å². The van der Waals surface area contributed by atoms with Gasteiger partial charge in [-0.3, -0.25) is 0 Å². The van der Waals surface area contributed by atoms with Crippen molar-refractivity contribution < 1.29 is 8.42 Å². The summed E-state index contributed by atoms with van der Waals surface area (Å²) in [6, 6.07) is 0. The average Bonchev–Trinajstić information content (AvgIpc) is 2.95. The van der Waals surface area contributed by atoms with Gasteiger partial charge in [0.25, 0.3) is 10.0 Å². The predicted octanol–water partition coefficient (Wildman–Crippen LogP) is 2.30. The molecule has 1 fully saturated rings. The fourth-order valence-corrected chi connectivity index (χ4v) is 4.15. The smallest absolute Gasteiger partial charge is 0.257 e. The van der Waals surface area contributed by atoms with Crippen LogP contribution in [0.3, 0.4) is 0 Å². The van der Waals surface area contributed by atoms with E-state index in [4.69, 9.17) is 11.6 Å². The molecule has 1 aromatic rings. The summed E-state index contributed by atoms with van der Waals surface area (Å²) in [4.78, 5) is 6.86. The number of imidazole rings is 1. The molecule has 0 saturated heterocycles. The van der Waals surface area contributed by atoms with Crippen LogP contribution >= 0.6 is 11.6 Å². The number of hydrogen-bond donors (Lipinski definition) is 2. The first kappa shape index (κ1) is 15.8. The zero-order valence-electron chi connectivity index (χ0n) is 11.7. The van der Waals surface area contributed by atoms with E-state index in [0.29, 0.717) is 36.5 Å². The number of aromatic nitrogens is 2. The van der Waals surface area contributed by atoms with Gasteiger partial charge in [0, 0.05) is 18.8 Å². The summed E-state index contributed by atoms with van der Waals surface area (Å²) in [6.45, 7) is 2.38. The van der Waals surface area contributed by atoms with Gasteiger partial charge in [-0.1, -0.05) is 19.8 Å². The van der Waals surface area contributed by atoms with Crippen molar-refractivity contribution >= 4 is 21.6 Å². The summed E-state index contributed by atoms with van der Waals surface area (Å²) in [5, 5.41) is 0.146. The van der Waals surface area contributed by atoms with E-state index in [1.54, 1.807) is 0 Å². The minimum Gasteiger partial charge on any atom is -0.332 e. The number of aromatic amines is 1. The van der Waals surface area contributed by atoms with Gasteiger partial charge in [-0.05, 0) is 24.7 Å². The second-order valence-corrected chi connectivity index (χ2v) is 7.40. The van der Waals surface area contributed by atoms with Crippen molar-refractivity contribution in [1.29, 1.82) is 0 Å². The molecule has 20 heavy (non-hydrogen) atoms. The first-order chi connectivity index (χ1) is 9.56. The monoisotopic (exact) mass is 319 g/mol. The van der Waals surface area contributed by atoms with E-state index < -0.39 is 10.0 Å². The van der Waals surface area contributed by atoms with Crippen LogP contribution in [0.15, 0.2) is 11.2 Å². The minimum atomic E-state index is -3.49. The van der Waals surface area contributed by atoms with Crippen LogP contribution in [0.1, 0.15) is 38.4 Å². The zero-order chi connectivity index (χ0) is 14.6. The predicted molar refractivity (Wildman–Crippen MR) is 79.3 cm³/mol. The molecule has 1 aliphatic carbocycles. The largest absolute Gasteiger partial charge is 0.332 e. The lowest BCUT2D eigenvalue weighted by Gasteiger charge is -2.30. The van der Waals surface area contributed by atoms with Gasteiger partial charge in [-0.25, -0.2) is 18.1 Å². The Morgan fingerprint density at radius 1 is 1.40 bits per heavy atom. The third-order valence-corrected chi connectivity index (χ3v) is 5.76. The van der Waals surface area contributed by atoms with Crippen molar-refractivity contribution in [2.24, 2.45) is 11.8 Å². The van der Waals surface area contributed by atoms with Crippen molar-refractivity contribution in [2.45, 2.75) is 44.1 Å². The normalized spacial score (nSPS) is 23.9. The van der Waals surface area contributed by atoms with Crippen LogP contribution in [0.2, 0.25) is 0 Å². The summed E-state index contributed by atoms with van der Waals surface area (Å²) < 4.78 is 27.1. The van der Waals surface area contributed by atoms with Crippen molar-refractivity contribution in [3.63, 3.8) is 0 Å². The highest BCUT2D eigenvalue weighted by molar-refractivity contribution is 7.89. The Bertz CT molecular complexity index is 529. The maximum atomic E-state index is 12.2. The highest BCUT2D eigenvalue weighted by atomic mass is 35.5. The maximum absolute atomic E-state index is 12.2. The highest BCUT2D eigenvalue weighted by Gasteiger charge is 2.26. The minimum absolute atomic E-state index is 0.146. The van der Waals surface area contributed by atoms with E-state index in [-0.39, 0.29) is 5.03 Å². The molecule has 7 heteroatoms. The van der Waals surface area contributed by atoms with Crippen molar-refractivity contribution in [3.05, 3.63) is 12.0 Å². The molecule has 2 rings (SSSR count). The molecule has 1 aliphatic rings. The molecule has 1 saturated carbocycles. The molecule has 0 radical (unpaired) electrons. The Kier molecular flexibility index (Phi) is 5.46. The molecule has 0 amide bonds. The zero-order valence-corrected chi connectivity index (χ0v) is 13.3. The van der Waals surface area contributed by atoms with Crippen molar-refractivity contribution in [2.75, 3.05) is 12.4 Å². The molecular formula is C13H22ClN3O2S. The lowest BCUT2D eigenvalue weighted by atomic mass is 9.80. The Morgan fingerprint density at radius 3 is 2.70 bits per heavy atom. The number of halogens is 1. The molecule has 1 heterocycles. The van der Waals surface area contributed by atoms with Gasteiger partial charge >= 0.3 is 0 Å². The van der Waals surface area contributed by atoms with E-state index in [0.717, 1.165) is 19.3 Å². The molecule has 2 atom stereocenters. The molecule has 114 valence electrons. The Balaban J connectivity index is 1.98. The lowest BCUT2D eigenvalue weighted by molar-refractivity contribution is 0.260. The van der Waals surface area contributed by atoms with Crippen LogP contribution in [0.25, 0.3) is 0 Å². The molecule has 0 aromatic carbocycles. The Labute approximate surface area is 125 Å². The van der Waals surface area contributed by atoms with Crippen molar-refractivity contribution in [1.82, 2.24) is 14.7 Å². The van der Waals surface area contributed by atoms with Crippen LogP contribution < -0.4 is 4.72 Å². The van der Waals surface area contributed by atoms with Gasteiger partial charge in [0.2, 0.25) is 0 Å². The van der Waals surface area contributed by atoms with Gasteiger partial charge in [-0.15, -0.1) is 11.6 Å². The molecule has 2 N–H and O–H groups in total. The molecule has 0 spiro atoms. The summed E-state index contributed by atoms with van der Waals surface area (Å²) >= 11 is 5.97. The third-order valence-electron chi connectivity index (χ3n) is 4.03. The summed E-state index contributed by atoms with van der Waals surface area (Å²) in [5.74, 6) is 2.04. The topological polar surface area (TPSA) is 74.8 Å². The molecule has 2 unspecified atom stereocenters. The van der Waals surface area contributed by atoms with Gasteiger partial charge < -0.3 is 4.98 Å². The fraction of sp³-hybridized carbons (Fsp3) is 0.769. The van der Waals surface area contributed by atoms with Crippen LogP contribution in [-0.4, -0.2) is 30.8 Å². The van der Waals surface area contributed by atoms with Gasteiger partial charge in [0.05, 0.1) is 6.20 Å². The molecular weight excluding hydrogens is 298 g/mol. The van der Waals surface area contributed by atoms with E-state index in [1.807, 2.05) is 6.92 Å². The van der Waals surface area contributed by atoms with Crippen LogP contribution in [0.5, 0.6) is 0 Å². The van der Waals surface area contributed by atoms with E-state index >= 15 is 0 Å². The molecule has 0 bridgehead atoms. The highest BCUT2D eigenvalue weighted by Crippen LogP contribution is 2.30. The maximum Gasteiger partial charge on any atom is 0.257 e. The number of hydrogen-bond acceptors (Lipinski definition) is 3. The van der Waals surface area contributed by atoms with Gasteiger partial charge in [-0.2, -0.15) is 0 Å². The van der Waals surface area contributed by atoms with E-state index in [9.17, 15) is 8.42 Å². The first-order valence-electron chi connectivity index (χ1n) is 7.16. The number of sulfonamides is 1. The lowest BCUT2D eigenvalue weighted by Crippen LogP contribution is -2.35. The Hall–Kier alpha value is -0.590. The number of rotatable bonds is 6. The SMILES string of the molecule is CCc1ncc(S(=O)(=O)NCC2CCCCC2CCl)[nH]1. The summed E-state index contributed by atoms with van der Waals surface area (Å²) in [6.07, 6.45) is 6.56. The fourth-order valence-electron chi connectivity index (χ4n) is 2.71.